The fraction of sp³-hybridized carbons (Fsp3) is 0.348. The van der Waals surface area contributed by atoms with Gasteiger partial charge >= 0.3 is 5.69 Å². The van der Waals surface area contributed by atoms with Gasteiger partial charge in [-0.05, 0) is 57.0 Å². The molecule has 9 nitrogen and oxygen atoms in total. The van der Waals surface area contributed by atoms with Crippen molar-refractivity contribution in [2.45, 2.75) is 51.6 Å². The van der Waals surface area contributed by atoms with E-state index in [1.54, 1.807) is 34.9 Å². The van der Waals surface area contributed by atoms with Crippen LogP contribution in [0, 0.1) is 12.8 Å². The summed E-state index contributed by atoms with van der Waals surface area (Å²) in [5, 5.41) is 4.06. The number of fused-ring (bicyclic) bond motifs is 1. The number of hydrogen-bond acceptors (Lipinski definition) is 6. The molecule has 0 aliphatic rings. The topological polar surface area (TPSA) is 123 Å². The molecule has 0 spiro atoms. The zero-order valence-corrected chi connectivity index (χ0v) is 20.0. The molecule has 0 fully saturated rings. The molecule has 174 valence electrons. The van der Waals surface area contributed by atoms with Crippen LogP contribution < -0.4 is 10.4 Å². The first kappa shape index (κ1) is 22.9. The summed E-state index contributed by atoms with van der Waals surface area (Å²) >= 11 is 0. The molecule has 33 heavy (non-hydrogen) atoms. The number of nitrogens with one attached hydrogen (secondary N) is 2. The first-order valence-corrected chi connectivity index (χ1v) is 12.2. The smallest absolute Gasteiger partial charge is 0.326 e. The van der Waals surface area contributed by atoms with Crippen LogP contribution in [0.5, 0.6) is 0 Å². The van der Waals surface area contributed by atoms with Gasteiger partial charge in [0.05, 0.1) is 15.9 Å². The normalized spacial score (nSPS) is 13.3. The highest BCUT2D eigenvalue weighted by Crippen LogP contribution is 2.27. The van der Waals surface area contributed by atoms with E-state index in [-0.39, 0.29) is 28.4 Å². The van der Waals surface area contributed by atoms with Crippen LogP contribution in [0.4, 0.5) is 0 Å². The Balaban J connectivity index is 1.65. The van der Waals surface area contributed by atoms with Gasteiger partial charge in [0.2, 0.25) is 21.7 Å². The first-order chi connectivity index (χ1) is 15.6. The lowest BCUT2D eigenvalue weighted by Crippen LogP contribution is -2.32. The van der Waals surface area contributed by atoms with E-state index in [0.29, 0.717) is 16.9 Å². The zero-order valence-electron chi connectivity index (χ0n) is 19.2. The molecule has 4 rings (SSSR count). The number of rotatable bonds is 7. The summed E-state index contributed by atoms with van der Waals surface area (Å²) < 4.78 is 35.6. The predicted molar refractivity (Wildman–Crippen MR) is 125 cm³/mol. The quantitative estimate of drug-likeness (QED) is 0.423. The molecule has 0 radical (unpaired) electrons. The zero-order chi connectivity index (χ0) is 23.9. The molecule has 0 aliphatic heterocycles. The number of sulfonamides is 1. The maximum absolute atomic E-state index is 12.9. The lowest BCUT2D eigenvalue weighted by atomic mass is 10.1. The summed E-state index contributed by atoms with van der Waals surface area (Å²) in [5.74, 6) is 0.340. The highest BCUT2D eigenvalue weighted by molar-refractivity contribution is 7.89. The Morgan fingerprint density at radius 2 is 1.76 bits per heavy atom. The Morgan fingerprint density at radius 3 is 2.39 bits per heavy atom. The van der Waals surface area contributed by atoms with Crippen LogP contribution in [0.25, 0.3) is 22.4 Å². The molecule has 0 amide bonds. The van der Waals surface area contributed by atoms with Crippen molar-refractivity contribution >= 4 is 21.1 Å². The predicted octanol–water partition coefficient (Wildman–Crippen LogP) is 3.94. The van der Waals surface area contributed by atoms with Gasteiger partial charge in [0.15, 0.2) is 0 Å². The molecule has 2 aromatic carbocycles. The number of hydrogen-bond donors (Lipinski definition) is 2. The third kappa shape index (κ3) is 4.49. The summed E-state index contributed by atoms with van der Waals surface area (Å²) in [6.07, 6.45) is 0. The highest BCUT2D eigenvalue weighted by atomic mass is 32.2. The molecule has 2 aromatic heterocycles. The van der Waals surface area contributed by atoms with Gasteiger partial charge in [-0.1, -0.05) is 36.7 Å². The largest absolute Gasteiger partial charge is 0.337 e. The molecule has 2 heterocycles. The van der Waals surface area contributed by atoms with E-state index < -0.39 is 16.1 Å². The number of H-pyrrole nitrogens is 1. The van der Waals surface area contributed by atoms with E-state index in [4.69, 9.17) is 4.52 Å². The van der Waals surface area contributed by atoms with Gasteiger partial charge < -0.3 is 9.51 Å². The van der Waals surface area contributed by atoms with Crippen molar-refractivity contribution < 1.29 is 12.9 Å². The van der Waals surface area contributed by atoms with Crippen LogP contribution in [0.15, 0.2) is 56.7 Å². The van der Waals surface area contributed by atoms with Crippen LogP contribution >= 0.6 is 0 Å². The van der Waals surface area contributed by atoms with Crippen LogP contribution in [0.3, 0.4) is 0 Å². The highest BCUT2D eigenvalue weighted by Gasteiger charge is 2.29. The summed E-state index contributed by atoms with van der Waals surface area (Å²) in [7, 11) is -3.78. The minimum absolute atomic E-state index is 0.0160. The van der Waals surface area contributed by atoms with Gasteiger partial charge in [-0.15, -0.1) is 0 Å². The fourth-order valence-electron chi connectivity index (χ4n) is 3.69. The van der Waals surface area contributed by atoms with Gasteiger partial charge in [-0.2, -0.15) is 9.71 Å². The maximum atomic E-state index is 12.9. The van der Waals surface area contributed by atoms with Gasteiger partial charge in [0, 0.05) is 11.6 Å². The van der Waals surface area contributed by atoms with Crippen LogP contribution in [0.2, 0.25) is 0 Å². The van der Waals surface area contributed by atoms with E-state index >= 15 is 0 Å². The van der Waals surface area contributed by atoms with E-state index in [0.717, 1.165) is 11.1 Å². The van der Waals surface area contributed by atoms with Crippen LogP contribution in [-0.2, 0) is 10.0 Å². The molecular formula is C23H27N5O4S. The second kappa shape index (κ2) is 8.60. The second-order valence-corrected chi connectivity index (χ2v) is 10.5. The van der Waals surface area contributed by atoms with Crippen molar-refractivity contribution in [3.05, 3.63) is 64.4 Å². The lowest BCUT2D eigenvalue weighted by Gasteiger charge is -2.18. The Labute approximate surface area is 191 Å². The SMILES string of the molecule is Cc1ccc(S(=O)(=O)N[C@H](c2nc(-c3ccc4c(c3)[nH]c(=O)n4C(C)C)no2)C(C)C)cc1. The molecule has 0 bridgehead atoms. The number of benzene rings is 2. The third-order valence-corrected chi connectivity index (χ3v) is 6.94. The molecule has 0 unspecified atom stereocenters. The van der Waals surface area contributed by atoms with Crippen molar-refractivity contribution in [1.29, 1.82) is 0 Å². The maximum Gasteiger partial charge on any atom is 0.326 e. The van der Waals surface area contributed by atoms with Crippen LogP contribution in [0.1, 0.15) is 51.2 Å². The minimum Gasteiger partial charge on any atom is -0.337 e. The summed E-state index contributed by atoms with van der Waals surface area (Å²) in [6.45, 7) is 9.52. The van der Waals surface area contributed by atoms with E-state index in [9.17, 15) is 13.2 Å². The Bertz CT molecular complexity index is 1450. The average Bonchev–Trinajstić information content (AvgIpc) is 3.35. The van der Waals surface area contributed by atoms with E-state index in [1.807, 2.05) is 46.8 Å². The number of imidazole rings is 1. The minimum atomic E-state index is -3.78. The lowest BCUT2D eigenvalue weighted by molar-refractivity contribution is 0.311. The van der Waals surface area contributed by atoms with Crippen molar-refractivity contribution in [3.8, 4) is 11.4 Å². The molecular weight excluding hydrogens is 442 g/mol. The van der Waals surface area contributed by atoms with E-state index in [1.165, 1.54) is 0 Å². The Morgan fingerprint density at radius 1 is 1.06 bits per heavy atom. The monoisotopic (exact) mass is 469 g/mol. The van der Waals surface area contributed by atoms with Gasteiger partial charge in [0.25, 0.3) is 0 Å². The molecule has 1 atom stereocenters. The molecule has 10 heteroatoms. The van der Waals surface area contributed by atoms with Gasteiger partial charge in [-0.25, -0.2) is 13.2 Å². The van der Waals surface area contributed by atoms with Crippen LogP contribution in [-0.4, -0.2) is 28.1 Å². The molecule has 4 aromatic rings. The Hall–Kier alpha value is -3.24. The summed E-state index contributed by atoms with van der Waals surface area (Å²) in [4.78, 5) is 19.7. The van der Waals surface area contributed by atoms with Crippen molar-refractivity contribution in [2.75, 3.05) is 0 Å². The average molecular weight is 470 g/mol. The standard InChI is InChI=1S/C23H27N5O4S/c1-13(2)20(27-33(30,31)17-9-6-15(5)7-10-17)22-25-21(26-32-22)16-8-11-19-18(12-16)24-23(29)28(19)14(3)4/h6-14,20,27H,1-5H3,(H,24,29)/t20-/m0/s1. The van der Waals surface area contributed by atoms with Crippen molar-refractivity contribution in [1.82, 2.24) is 24.4 Å². The number of nitrogens with zero attached hydrogens (tertiary/aromatic N) is 3. The molecule has 0 saturated carbocycles. The van der Waals surface area contributed by atoms with Gasteiger partial charge in [-0.3, -0.25) is 4.57 Å². The number of aromatic amines is 1. The molecule has 0 aliphatic carbocycles. The summed E-state index contributed by atoms with van der Waals surface area (Å²) in [5.41, 5.74) is 2.89. The van der Waals surface area contributed by atoms with Gasteiger partial charge in [0.1, 0.15) is 6.04 Å². The van der Waals surface area contributed by atoms with Crippen molar-refractivity contribution in [3.63, 3.8) is 0 Å². The summed E-state index contributed by atoms with van der Waals surface area (Å²) in [6, 6.07) is 11.4. The Kier molecular flexibility index (Phi) is 5.98. The molecule has 2 N–H and O–H groups in total. The van der Waals surface area contributed by atoms with Crippen molar-refractivity contribution in [2.24, 2.45) is 5.92 Å². The molecule has 0 saturated heterocycles. The first-order valence-electron chi connectivity index (χ1n) is 10.7. The fourth-order valence-corrected chi connectivity index (χ4v) is 5.02. The van der Waals surface area contributed by atoms with E-state index in [2.05, 4.69) is 19.8 Å². The second-order valence-electron chi connectivity index (χ2n) is 8.74. The third-order valence-electron chi connectivity index (χ3n) is 5.48. The number of aryl methyl sites for hydroxylation is 1. The number of aromatic nitrogens is 4.